The number of rotatable bonds is 5. The summed E-state index contributed by atoms with van der Waals surface area (Å²) in [7, 11) is 0. The van der Waals surface area contributed by atoms with Gasteiger partial charge < -0.3 is 16.0 Å². The highest BCUT2D eigenvalue weighted by molar-refractivity contribution is 5.91. The zero-order valence-corrected chi connectivity index (χ0v) is 16.5. The average Bonchev–Trinajstić information content (AvgIpc) is 2.66. The lowest BCUT2D eigenvalue weighted by Gasteiger charge is -2.33. The SMILES string of the molecule is CC(N)C1CCN(C(=O)CNC(=O)Cc2cccc3ccccc23)CC1.Cl. The summed E-state index contributed by atoms with van der Waals surface area (Å²) in [6.07, 6.45) is 2.15. The van der Waals surface area contributed by atoms with E-state index in [9.17, 15) is 9.59 Å². The molecule has 2 amide bonds. The number of benzene rings is 2. The zero-order valence-electron chi connectivity index (χ0n) is 15.7. The van der Waals surface area contributed by atoms with Gasteiger partial charge in [-0.2, -0.15) is 0 Å². The van der Waals surface area contributed by atoms with Crippen molar-refractivity contribution in [2.45, 2.75) is 32.2 Å². The van der Waals surface area contributed by atoms with E-state index in [1.54, 1.807) is 0 Å². The van der Waals surface area contributed by atoms with Gasteiger partial charge in [-0.25, -0.2) is 0 Å². The number of nitrogens with zero attached hydrogens (tertiary/aromatic N) is 1. The van der Waals surface area contributed by atoms with Crippen LogP contribution in [0.5, 0.6) is 0 Å². The Labute approximate surface area is 166 Å². The molecule has 2 aromatic rings. The summed E-state index contributed by atoms with van der Waals surface area (Å²) in [5.41, 5.74) is 6.92. The number of piperidine rings is 1. The molecule has 0 spiro atoms. The molecule has 1 heterocycles. The normalized spacial score (nSPS) is 15.9. The van der Waals surface area contributed by atoms with Crippen molar-refractivity contribution >= 4 is 35.0 Å². The molecule has 1 atom stereocenters. The molecule has 2 aromatic carbocycles. The van der Waals surface area contributed by atoms with Gasteiger partial charge in [0, 0.05) is 19.1 Å². The molecule has 6 heteroatoms. The fourth-order valence-corrected chi connectivity index (χ4v) is 3.64. The summed E-state index contributed by atoms with van der Waals surface area (Å²) in [4.78, 5) is 26.4. The van der Waals surface area contributed by atoms with E-state index in [1.807, 2.05) is 54.3 Å². The lowest BCUT2D eigenvalue weighted by Crippen LogP contribution is -2.46. The molecule has 1 fully saturated rings. The molecule has 0 aromatic heterocycles. The second-order valence-corrected chi connectivity index (χ2v) is 7.17. The van der Waals surface area contributed by atoms with Crippen LogP contribution in [0.2, 0.25) is 0 Å². The minimum absolute atomic E-state index is 0. The summed E-state index contributed by atoms with van der Waals surface area (Å²) >= 11 is 0. The number of amides is 2. The standard InChI is InChI=1S/C21H27N3O2.ClH/c1-15(22)16-9-11-24(12-10-16)21(26)14-23-20(25)13-18-7-4-6-17-5-2-3-8-19(17)18;/h2-8,15-16H,9-14,22H2,1H3,(H,23,25);1H. The third-order valence-corrected chi connectivity index (χ3v) is 5.30. The molecular formula is C21H28ClN3O2. The Morgan fingerprint density at radius 1 is 1.15 bits per heavy atom. The van der Waals surface area contributed by atoms with E-state index in [1.165, 1.54) is 0 Å². The third-order valence-electron chi connectivity index (χ3n) is 5.30. The fourth-order valence-electron chi connectivity index (χ4n) is 3.64. The number of halogens is 1. The Balaban J connectivity index is 0.00000261. The molecular weight excluding hydrogens is 362 g/mol. The third kappa shape index (κ3) is 5.44. The molecule has 0 saturated carbocycles. The van der Waals surface area contributed by atoms with E-state index >= 15 is 0 Å². The number of nitrogens with one attached hydrogen (secondary N) is 1. The van der Waals surface area contributed by atoms with Crippen LogP contribution in [0, 0.1) is 5.92 Å². The largest absolute Gasteiger partial charge is 0.347 e. The van der Waals surface area contributed by atoms with E-state index < -0.39 is 0 Å². The van der Waals surface area contributed by atoms with Crippen LogP contribution in [-0.4, -0.2) is 42.4 Å². The van der Waals surface area contributed by atoms with Crippen LogP contribution < -0.4 is 11.1 Å². The first-order chi connectivity index (χ1) is 12.5. The first-order valence-electron chi connectivity index (χ1n) is 9.31. The highest BCUT2D eigenvalue weighted by atomic mass is 35.5. The highest BCUT2D eigenvalue weighted by Gasteiger charge is 2.24. The molecule has 0 aliphatic carbocycles. The zero-order chi connectivity index (χ0) is 18.5. The molecule has 27 heavy (non-hydrogen) atoms. The predicted molar refractivity (Wildman–Crippen MR) is 111 cm³/mol. The van der Waals surface area contributed by atoms with Crippen LogP contribution in [-0.2, 0) is 16.0 Å². The van der Waals surface area contributed by atoms with Crippen molar-refractivity contribution in [2.24, 2.45) is 11.7 Å². The number of hydrogen-bond donors (Lipinski definition) is 2. The van der Waals surface area contributed by atoms with Gasteiger partial charge in [-0.15, -0.1) is 12.4 Å². The van der Waals surface area contributed by atoms with Gasteiger partial charge in [-0.3, -0.25) is 9.59 Å². The van der Waals surface area contributed by atoms with Gasteiger partial charge in [-0.05, 0) is 42.0 Å². The van der Waals surface area contributed by atoms with Crippen molar-refractivity contribution in [2.75, 3.05) is 19.6 Å². The number of hydrogen-bond acceptors (Lipinski definition) is 3. The Hall–Kier alpha value is -2.11. The van der Waals surface area contributed by atoms with Crippen molar-refractivity contribution in [3.8, 4) is 0 Å². The number of carbonyl (C=O) groups is 2. The molecule has 0 bridgehead atoms. The van der Waals surface area contributed by atoms with Crippen molar-refractivity contribution in [3.05, 3.63) is 48.0 Å². The maximum Gasteiger partial charge on any atom is 0.241 e. The smallest absolute Gasteiger partial charge is 0.241 e. The topological polar surface area (TPSA) is 75.4 Å². The number of likely N-dealkylation sites (tertiary alicyclic amines) is 1. The fraction of sp³-hybridized carbons (Fsp3) is 0.429. The first-order valence-corrected chi connectivity index (χ1v) is 9.31. The van der Waals surface area contributed by atoms with Crippen molar-refractivity contribution < 1.29 is 9.59 Å². The molecule has 3 rings (SSSR count). The molecule has 1 aliphatic heterocycles. The number of fused-ring (bicyclic) bond motifs is 1. The lowest BCUT2D eigenvalue weighted by atomic mass is 9.91. The Morgan fingerprint density at radius 3 is 2.52 bits per heavy atom. The Kier molecular flexibility index (Phi) is 7.63. The van der Waals surface area contributed by atoms with E-state index in [0.717, 1.165) is 42.3 Å². The number of nitrogens with two attached hydrogens (primary N) is 1. The Bertz CT molecular complexity index is 781. The maximum absolute atomic E-state index is 12.3. The summed E-state index contributed by atoms with van der Waals surface area (Å²) < 4.78 is 0. The van der Waals surface area contributed by atoms with Gasteiger partial charge in [0.2, 0.25) is 11.8 Å². The van der Waals surface area contributed by atoms with Crippen LogP contribution in [0.3, 0.4) is 0 Å². The minimum Gasteiger partial charge on any atom is -0.347 e. The first kappa shape index (κ1) is 21.2. The number of carbonyl (C=O) groups excluding carboxylic acids is 2. The summed E-state index contributed by atoms with van der Waals surface area (Å²) in [6, 6.07) is 14.1. The molecule has 1 unspecified atom stereocenters. The van der Waals surface area contributed by atoms with Gasteiger partial charge in [0.05, 0.1) is 13.0 Å². The van der Waals surface area contributed by atoms with Gasteiger partial charge >= 0.3 is 0 Å². The van der Waals surface area contributed by atoms with Crippen LogP contribution in [0.4, 0.5) is 0 Å². The average molecular weight is 390 g/mol. The lowest BCUT2D eigenvalue weighted by molar-refractivity contribution is -0.134. The molecule has 3 N–H and O–H groups in total. The van der Waals surface area contributed by atoms with Crippen LogP contribution in [0.25, 0.3) is 10.8 Å². The maximum atomic E-state index is 12.3. The van der Waals surface area contributed by atoms with Gasteiger partial charge in [0.15, 0.2) is 0 Å². The molecule has 146 valence electrons. The Morgan fingerprint density at radius 2 is 1.81 bits per heavy atom. The van der Waals surface area contributed by atoms with E-state index in [0.29, 0.717) is 5.92 Å². The summed E-state index contributed by atoms with van der Waals surface area (Å²) in [5.74, 6) is 0.347. The predicted octanol–water partition coefficient (Wildman–Crippen LogP) is 2.51. The molecule has 1 aliphatic rings. The summed E-state index contributed by atoms with van der Waals surface area (Å²) in [6.45, 7) is 3.54. The molecule has 0 radical (unpaired) electrons. The monoisotopic (exact) mass is 389 g/mol. The van der Waals surface area contributed by atoms with Gasteiger partial charge in [0.1, 0.15) is 0 Å². The summed E-state index contributed by atoms with van der Waals surface area (Å²) in [5, 5.41) is 4.97. The van der Waals surface area contributed by atoms with Crippen molar-refractivity contribution in [1.29, 1.82) is 0 Å². The quantitative estimate of drug-likeness (QED) is 0.824. The minimum atomic E-state index is -0.125. The van der Waals surface area contributed by atoms with E-state index in [4.69, 9.17) is 5.73 Å². The molecule has 1 saturated heterocycles. The van der Waals surface area contributed by atoms with E-state index in [-0.39, 0.29) is 43.2 Å². The van der Waals surface area contributed by atoms with Crippen molar-refractivity contribution in [3.63, 3.8) is 0 Å². The second-order valence-electron chi connectivity index (χ2n) is 7.17. The van der Waals surface area contributed by atoms with Crippen molar-refractivity contribution in [1.82, 2.24) is 10.2 Å². The second kappa shape index (κ2) is 9.72. The molecule has 5 nitrogen and oxygen atoms in total. The van der Waals surface area contributed by atoms with Gasteiger partial charge in [-0.1, -0.05) is 42.5 Å². The van der Waals surface area contributed by atoms with Gasteiger partial charge in [0.25, 0.3) is 0 Å². The van der Waals surface area contributed by atoms with E-state index in [2.05, 4.69) is 5.32 Å². The van der Waals surface area contributed by atoms with Crippen LogP contribution in [0.15, 0.2) is 42.5 Å². The van der Waals surface area contributed by atoms with Crippen LogP contribution in [0.1, 0.15) is 25.3 Å². The van der Waals surface area contributed by atoms with Crippen LogP contribution >= 0.6 is 12.4 Å². The highest BCUT2D eigenvalue weighted by Crippen LogP contribution is 2.20.